The van der Waals surface area contributed by atoms with E-state index >= 15 is 0 Å². The van der Waals surface area contributed by atoms with Gasteiger partial charge in [0.15, 0.2) is 0 Å². The van der Waals surface area contributed by atoms with E-state index in [9.17, 15) is 4.79 Å². The molecule has 126 valence electrons. The number of benzene rings is 1. The smallest absolute Gasteiger partial charge is 0.224 e. The van der Waals surface area contributed by atoms with E-state index in [4.69, 9.17) is 0 Å². The zero-order chi connectivity index (χ0) is 16.3. The third-order valence-corrected chi connectivity index (χ3v) is 6.08. The SMILES string of the molecule is CCC(CC)C(NC(=O)C1CC12CCNCC2)c1ccccc1. The summed E-state index contributed by atoms with van der Waals surface area (Å²) < 4.78 is 0. The lowest BCUT2D eigenvalue weighted by Gasteiger charge is -2.28. The van der Waals surface area contributed by atoms with Crippen molar-refractivity contribution in [3.63, 3.8) is 0 Å². The fourth-order valence-corrected chi connectivity index (χ4v) is 4.34. The van der Waals surface area contributed by atoms with Crippen molar-refractivity contribution in [1.29, 1.82) is 0 Å². The Hall–Kier alpha value is -1.35. The topological polar surface area (TPSA) is 41.1 Å². The lowest BCUT2D eigenvalue weighted by Crippen LogP contribution is -2.37. The lowest BCUT2D eigenvalue weighted by molar-refractivity contribution is -0.124. The first kappa shape index (κ1) is 16.5. The average molecular weight is 314 g/mol. The molecule has 2 unspecified atom stereocenters. The van der Waals surface area contributed by atoms with E-state index in [-0.39, 0.29) is 17.9 Å². The Balaban J connectivity index is 1.70. The van der Waals surface area contributed by atoms with Crippen molar-refractivity contribution in [3.8, 4) is 0 Å². The average Bonchev–Trinajstić information content (AvgIpc) is 3.29. The fourth-order valence-electron chi connectivity index (χ4n) is 4.34. The second-order valence-corrected chi connectivity index (χ2v) is 7.34. The summed E-state index contributed by atoms with van der Waals surface area (Å²) >= 11 is 0. The second-order valence-electron chi connectivity index (χ2n) is 7.34. The first-order chi connectivity index (χ1) is 11.2. The molecular weight excluding hydrogens is 284 g/mol. The molecule has 0 bridgehead atoms. The van der Waals surface area contributed by atoms with Gasteiger partial charge in [0.05, 0.1) is 6.04 Å². The Kier molecular flexibility index (Phi) is 5.05. The van der Waals surface area contributed by atoms with E-state index in [1.807, 2.05) is 6.07 Å². The minimum atomic E-state index is 0.151. The first-order valence-corrected chi connectivity index (χ1v) is 9.26. The van der Waals surface area contributed by atoms with Gasteiger partial charge in [-0.25, -0.2) is 0 Å². The Morgan fingerprint density at radius 3 is 2.48 bits per heavy atom. The van der Waals surface area contributed by atoms with Gasteiger partial charge in [-0.3, -0.25) is 4.79 Å². The predicted octanol–water partition coefficient (Wildman–Crippen LogP) is 3.67. The highest BCUT2D eigenvalue weighted by Crippen LogP contribution is 2.58. The molecule has 3 rings (SSSR count). The van der Waals surface area contributed by atoms with E-state index in [0.717, 1.165) is 45.2 Å². The van der Waals surface area contributed by atoms with Crippen LogP contribution in [0.2, 0.25) is 0 Å². The molecule has 1 aliphatic carbocycles. The van der Waals surface area contributed by atoms with Gasteiger partial charge >= 0.3 is 0 Å². The Morgan fingerprint density at radius 2 is 1.87 bits per heavy atom. The van der Waals surface area contributed by atoms with Crippen molar-refractivity contribution in [1.82, 2.24) is 10.6 Å². The van der Waals surface area contributed by atoms with E-state index in [2.05, 4.69) is 48.7 Å². The van der Waals surface area contributed by atoms with E-state index in [1.54, 1.807) is 0 Å². The summed E-state index contributed by atoms with van der Waals surface area (Å²) in [4.78, 5) is 12.9. The monoisotopic (exact) mass is 314 g/mol. The van der Waals surface area contributed by atoms with Crippen LogP contribution in [0.3, 0.4) is 0 Å². The van der Waals surface area contributed by atoms with E-state index < -0.39 is 0 Å². The molecule has 1 saturated carbocycles. The normalized spacial score (nSPS) is 23.7. The van der Waals surface area contributed by atoms with Crippen LogP contribution in [0.25, 0.3) is 0 Å². The van der Waals surface area contributed by atoms with Crippen LogP contribution in [-0.4, -0.2) is 19.0 Å². The van der Waals surface area contributed by atoms with Gasteiger partial charge in [0.2, 0.25) is 5.91 Å². The van der Waals surface area contributed by atoms with Crippen LogP contribution in [-0.2, 0) is 4.79 Å². The molecule has 1 heterocycles. The number of rotatable bonds is 6. The maximum Gasteiger partial charge on any atom is 0.224 e. The van der Waals surface area contributed by atoms with Gasteiger partial charge in [-0.05, 0) is 49.2 Å². The molecule has 1 spiro atoms. The van der Waals surface area contributed by atoms with Crippen LogP contribution >= 0.6 is 0 Å². The first-order valence-electron chi connectivity index (χ1n) is 9.26. The molecular formula is C20H30N2O. The molecule has 2 fully saturated rings. The molecule has 1 aromatic carbocycles. The summed E-state index contributed by atoms with van der Waals surface area (Å²) in [7, 11) is 0. The molecule has 2 atom stereocenters. The highest BCUT2D eigenvalue weighted by molar-refractivity contribution is 5.83. The Bertz CT molecular complexity index is 518. The van der Waals surface area contributed by atoms with Crippen molar-refractivity contribution in [2.45, 2.75) is 52.0 Å². The van der Waals surface area contributed by atoms with Gasteiger partial charge in [0.25, 0.3) is 0 Å². The van der Waals surface area contributed by atoms with Crippen LogP contribution in [0.15, 0.2) is 30.3 Å². The van der Waals surface area contributed by atoms with E-state index in [0.29, 0.717) is 11.3 Å². The van der Waals surface area contributed by atoms with Crippen LogP contribution in [0.1, 0.15) is 57.6 Å². The molecule has 3 heteroatoms. The molecule has 3 nitrogen and oxygen atoms in total. The van der Waals surface area contributed by atoms with Gasteiger partial charge in [0, 0.05) is 5.92 Å². The minimum Gasteiger partial charge on any atom is -0.349 e. The van der Waals surface area contributed by atoms with Gasteiger partial charge in [-0.2, -0.15) is 0 Å². The third kappa shape index (κ3) is 3.45. The van der Waals surface area contributed by atoms with Crippen molar-refractivity contribution in [2.24, 2.45) is 17.3 Å². The van der Waals surface area contributed by atoms with Crippen LogP contribution in [0, 0.1) is 17.3 Å². The number of piperidine rings is 1. The van der Waals surface area contributed by atoms with Gasteiger partial charge < -0.3 is 10.6 Å². The second kappa shape index (κ2) is 7.04. The van der Waals surface area contributed by atoms with Gasteiger partial charge in [0.1, 0.15) is 0 Å². The van der Waals surface area contributed by atoms with Crippen molar-refractivity contribution in [2.75, 3.05) is 13.1 Å². The van der Waals surface area contributed by atoms with Crippen LogP contribution in [0.5, 0.6) is 0 Å². The van der Waals surface area contributed by atoms with Crippen molar-refractivity contribution >= 4 is 5.91 Å². The molecule has 2 N–H and O–H groups in total. The standard InChI is InChI=1S/C20H30N2O/c1-3-15(4-2)18(16-8-6-5-7-9-16)22-19(23)17-14-20(17)10-12-21-13-11-20/h5-9,15,17-18,21H,3-4,10-14H2,1-2H3,(H,22,23). The summed E-state index contributed by atoms with van der Waals surface area (Å²) in [6.07, 6.45) is 5.59. The fraction of sp³-hybridized carbons (Fsp3) is 0.650. The van der Waals surface area contributed by atoms with Gasteiger partial charge in [-0.15, -0.1) is 0 Å². The molecule has 23 heavy (non-hydrogen) atoms. The molecule has 0 aromatic heterocycles. The van der Waals surface area contributed by atoms with Crippen LogP contribution < -0.4 is 10.6 Å². The summed E-state index contributed by atoms with van der Waals surface area (Å²) in [5.41, 5.74) is 1.55. The van der Waals surface area contributed by atoms with Gasteiger partial charge in [-0.1, -0.05) is 57.0 Å². The largest absolute Gasteiger partial charge is 0.349 e. The molecule has 1 amide bonds. The van der Waals surface area contributed by atoms with Crippen LogP contribution in [0.4, 0.5) is 0 Å². The molecule has 1 aliphatic heterocycles. The number of carbonyl (C=O) groups excluding carboxylic acids is 1. The highest BCUT2D eigenvalue weighted by Gasteiger charge is 2.57. The van der Waals surface area contributed by atoms with E-state index in [1.165, 1.54) is 5.56 Å². The summed E-state index contributed by atoms with van der Waals surface area (Å²) in [6.45, 7) is 6.58. The molecule has 0 radical (unpaired) electrons. The maximum atomic E-state index is 12.9. The highest BCUT2D eigenvalue weighted by atomic mass is 16.2. The quantitative estimate of drug-likeness (QED) is 0.841. The Morgan fingerprint density at radius 1 is 1.22 bits per heavy atom. The number of nitrogens with one attached hydrogen (secondary N) is 2. The lowest BCUT2D eigenvalue weighted by atomic mass is 9.88. The number of hydrogen-bond acceptors (Lipinski definition) is 2. The van der Waals surface area contributed by atoms with Crippen molar-refractivity contribution in [3.05, 3.63) is 35.9 Å². The summed E-state index contributed by atoms with van der Waals surface area (Å²) in [5.74, 6) is 1.03. The third-order valence-electron chi connectivity index (χ3n) is 6.08. The number of hydrogen-bond donors (Lipinski definition) is 2. The summed E-state index contributed by atoms with van der Waals surface area (Å²) in [5, 5.41) is 6.82. The molecule has 2 aliphatic rings. The zero-order valence-corrected chi connectivity index (χ0v) is 14.5. The number of carbonyl (C=O) groups is 1. The molecule has 1 aromatic rings. The Labute approximate surface area is 140 Å². The minimum absolute atomic E-state index is 0.151. The van der Waals surface area contributed by atoms with Crippen molar-refractivity contribution < 1.29 is 4.79 Å². The predicted molar refractivity (Wildman–Crippen MR) is 94.0 cm³/mol. The molecule has 1 saturated heterocycles. The maximum absolute atomic E-state index is 12.9. The summed E-state index contributed by atoms with van der Waals surface area (Å²) in [6, 6.07) is 10.6. The zero-order valence-electron chi connectivity index (χ0n) is 14.5. The number of amides is 1.